The Labute approximate surface area is 101 Å². The van der Waals surface area contributed by atoms with E-state index in [1.165, 1.54) is 6.07 Å². The largest absolute Gasteiger partial charge is 0.487 e. The number of ether oxygens (including phenoxy) is 1. The molecule has 0 radical (unpaired) electrons. The minimum atomic E-state index is -0.436. The zero-order chi connectivity index (χ0) is 12.7. The lowest BCUT2D eigenvalue weighted by Crippen LogP contribution is -2.03. The second kappa shape index (κ2) is 6.85. The molecular weight excluding hydrogens is 220 g/mol. The molecule has 0 atom stereocenters. The van der Waals surface area contributed by atoms with Gasteiger partial charge in [-0.3, -0.25) is 10.1 Å². The number of unbranched alkanes of at least 4 members (excludes halogenated alkanes) is 2. The van der Waals surface area contributed by atoms with Crippen LogP contribution in [0.2, 0.25) is 0 Å². The molecule has 0 bridgehead atoms. The maximum atomic E-state index is 10.9. The summed E-state index contributed by atoms with van der Waals surface area (Å²) in [6, 6.07) is 4.84. The molecule has 5 heteroatoms. The van der Waals surface area contributed by atoms with Crippen molar-refractivity contribution in [1.82, 2.24) is 0 Å². The van der Waals surface area contributed by atoms with E-state index in [0.29, 0.717) is 12.4 Å². The highest BCUT2D eigenvalue weighted by atomic mass is 16.6. The minimum absolute atomic E-state index is 0.00977. The Kier molecular flexibility index (Phi) is 5.42. The fourth-order valence-electron chi connectivity index (χ4n) is 1.49. The van der Waals surface area contributed by atoms with E-state index in [-0.39, 0.29) is 12.2 Å². The summed E-state index contributed by atoms with van der Waals surface area (Å²) in [4.78, 5) is 10.4. The third kappa shape index (κ3) is 4.03. The SMILES string of the molecule is CCCCCOc1ccc(CN)cc1[N+](=O)[O-]. The van der Waals surface area contributed by atoms with Gasteiger partial charge < -0.3 is 10.5 Å². The monoisotopic (exact) mass is 238 g/mol. The van der Waals surface area contributed by atoms with Crippen LogP contribution in [0.5, 0.6) is 5.75 Å². The van der Waals surface area contributed by atoms with Crippen molar-refractivity contribution in [3.05, 3.63) is 33.9 Å². The number of nitrogens with two attached hydrogens (primary N) is 1. The summed E-state index contributed by atoms with van der Waals surface area (Å²) >= 11 is 0. The first-order valence-corrected chi connectivity index (χ1v) is 5.79. The third-order valence-corrected chi connectivity index (χ3v) is 2.46. The van der Waals surface area contributed by atoms with Gasteiger partial charge in [0.1, 0.15) is 0 Å². The van der Waals surface area contributed by atoms with Crippen molar-refractivity contribution in [3.8, 4) is 5.75 Å². The highest BCUT2D eigenvalue weighted by molar-refractivity contribution is 5.48. The van der Waals surface area contributed by atoms with Crippen LogP contribution < -0.4 is 10.5 Å². The van der Waals surface area contributed by atoms with Crippen molar-refractivity contribution < 1.29 is 9.66 Å². The summed E-state index contributed by atoms with van der Waals surface area (Å²) in [6.07, 6.45) is 3.07. The summed E-state index contributed by atoms with van der Waals surface area (Å²) in [5.41, 5.74) is 6.17. The van der Waals surface area contributed by atoms with Gasteiger partial charge in [-0.05, 0) is 18.1 Å². The molecule has 0 aliphatic rings. The van der Waals surface area contributed by atoms with Crippen LogP contribution in [-0.2, 0) is 6.54 Å². The van der Waals surface area contributed by atoms with E-state index in [0.717, 1.165) is 24.8 Å². The highest BCUT2D eigenvalue weighted by Gasteiger charge is 2.15. The summed E-state index contributed by atoms with van der Waals surface area (Å²) in [5.74, 6) is 0.323. The van der Waals surface area contributed by atoms with Crippen LogP contribution in [0.3, 0.4) is 0 Å². The Morgan fingerprint density at radius 3 is 2.76 bits per heavy atom. The molecule has 0 aliphatic heterocycles. The molecule has 94 valence electrons. The summed E-state index contributed by atoms with van der Waals surface area (Å²) < 4.78 is 5.42. The van der Waals surface area contributed by atoms with Gasteiger partial charge >= 0.3 is 5.69 Å². The Hall–Kier alpha value is -1.62. The van der Waals surface area contributed by atoms with Crippen LogP contribution in [0.4, 0.5) is 5.69 Å². The van der Waals surface area contributed by atoms with Crippen LogP contribution in [0.25, 0.3) is 0 Å². The number of nitro benzene ring substituents is 1. The first-order chi connectivity index (χ1) is 8.19. The Bertz CT molecular complexity index is 380. The van der Waals surface area contributed by atoms with Crippen molar-refractivity contribution >= 4 is 5.69 Å². The third-order valence-electron chi connectivity index (χ3n) is 2.46. The fourth-order valence-corrected chi connectivity index (χ4v) is 1.49. The number of hydrogen-bond donors (Lipinski definition) is 1. The highest BCUT2D eigenvalue weighted by Crippen LogP contribution is 2.28. The minimum Gasteiger partial charge on any atom is -0.487 e. The molecular formula is C12H18N2O3. The zero-order valence-corrected chi connectivity index (χ0v) is 10.0. The molecule has 2 N–H and O–H groups in total. The number of hydrogen-bond acceptors (Lipinski definition) is 4. The Morgan fingerprint density at radius 2 is 2.18 bits per heavy atom. The number of benzene rings is 1. The molecule has 0 unspecified atom stereocenters. The normalized spacial score (nSPS) is 10.2. The van der Waals surface area contributed by atoms with Crippen LogP contribution in [0.15, 0.2) is 18.2 Å². The van der Waals surface area contributed by atoms with E-state index in [4.69, 9.17) is 10.5 Å². The Morgan fingerprint density at radius 1 is 1.41 bits per heavy atom. The van der Waals surface area contributed by atoms with Gasteiger partial charge in [-0.25, -0.2) is 0 Å². The smallest absolute Gasteiger partial charge is 0.311 e. The van der Waals surface area contributed by atoms with Gasteiger partial charge in [0.25, 0.3) is 0 Å². The lowest BCUT2D eigenvalue weighted by Gasteiger charge is -2.07. The molecule has 0 aliphatic carbocycles. The number of rotatable bonds is 7. The maximum Gasteiger partial charge on any atom is 0.311 e. The lowest BCUT2D eigenvalue weighted by atomic mass is 10.2. The predicted molar refractivity (Wildman–Crippen MR) is 66.0 cm³/mol. The second-order valence-electron chi connectivity index (χ2n) is 3.82. The fraction of sp³-hybridized carbons (Fsp3) is 0.500. The topological polar surface area (TPSA) is 78.4 Å². The van der Waals surface area contributed by atoms with E-state index >= 15 is 0 Å². The van der Waals surface area contributed by atoms with E-state index in [1.54, 1.807) is 12.1 Å². The van der Waals surface area contributed by atoms with Crippen molar-refractivity contribution in [2.75, 3.05) is 6.61 Å². The second-order valence-corrected chi connectivity index (χ2v) is 3.82. The molecule has 0 spiro atoms. The van der Waals surface area contributed by atoms with E-state index in [9.17, 15) is 10.1 Å². The molecule has 0 fully saturated rings. The van der Waals surface area contributed by atoms with Gasteiger partial charge in [0.05, 0.1) is 11.5 Å². The van der Waals surface area contributed by atoms with Crippen molar-refractivity contribution in [2.45, 2.75) is 32.7 Å². The van der Waals surface area contributed by atoms with Crippen LogP contribution >= 0.6 is 0 Å². The van der Waals surface area contributed by atoms with Crippen LogP contribution in [-0.4, -0.2) is 11.5 Å². The first-order valence-electron chi connectivity index (χ1n) is 5.79. The van der Waals surface area contributed by atoms with Gasteiger partial charge in [0, 0.05) is 12.6 Å². The molecule has 1 aromatic carbocycles. The molecule has 0 aromatic heterocycles. The molecule has 5 nitrogen and oxygen atoms in total. The average molecular weight is 238 g/mol. The molecule has 17 heavy (non-hydrogen) atoms. The quantitative estimate of drug-likeness (QED) is 0.450. The number of nitro groups is 1. The molecule has 0 saturated heterocycles. The van der Waals surface area contributed by atoms with Crippen LogP contribution in [0.1, 0.15) is 31.7 Å². The van der Waals surface area contributed by atoms with Gasteiger partial charge in [-0.2, -0.15) is 0 Å². The zero-order valence-electron chi connectivity index (χ0n) is 10.0. The predicted octanol–water partition coefficient (Wildman–Crippen LogP) is 2.62. The van der Waals surface area contributed by atoms with Crippen LogP contribution in [0, 0.1) is 10.1 Å². The van der Waals surface area contributed by atoms with Gasteiger partial charge in [-0.15, -0.1) is 0 Å². The van der Waals surface area contributed by atoms with Crippen molar-refractivity contribution in [2.24, 2.45) is 5.73 Å². The summed E-state index contributed by atoms with van der Waals surface area (Å²) in [7, 11) is 0. The standard InChI is InChI=1S/C12H18N2O3/c1-2-3-4-7-17-12-6-5-10(9-13)8-11(12)14(15)16/h5-6,8H,2-4,7,9,13H2,1H3. The molecule has 0 amide bonds. The molecule has 1 aromatic rings. The molecule has 0 heterocycles. The number of nitrogens with zero attached hydrogens (tertiary/aromatic N) is 1. The van der Waals surface area contributed by atoms with E-state index < -0.39 is 4.92 Å². The first kappa shape index (κ1) is 13.4. The Balaban J connectivity index is 2.73. The van der Waals surface area contributed by atoms with Gasteiger partial charge in [0.2, 0.25) is 0 Å². The van der Waals surface area contributed by atoms with Crippen molar-refractivity contribution in [3.63, 3.8) is 0 Å². The average Bonchev–Trinajstić information content (AvgIpc) is 2.34. The summed E-state index contributed by atoms with van der Waals surface area (Å²) in [6.45, 7) is 2.89. The molecule has 1 rings (SSSR count). The van der Waals surface area contributed by atoms with Crippen molar-refractivity contribution in [1.29, 1.82) is 0 Å². The van der Waals surface area contributed by atoms with Gasteiger partial charge in [-0.1, -0.05) is 25.8 Å². The summed E-state index contributed by atoms with van der Waals surface area (Å²) in [5, 5.41) is 10.9. The van der Waals surface area contributed by atoms with E-state index in [1.807, 2.05) is 0 Å². The maximum absolute atomic E-state index is 10.9. The van der Waals surface area contributed by atoms with E-state index in [2.05, 4.69) is 6.92 Å². The lowest BCUT2D eigenvalue weighted by molar-refractivity contribution is -0.385. The molecule has 0 saturated carbocycles. The van der Waals surface area contributed by atoms with Gasteiger partial charge in [0.15, 0.2) is 5.75 Å².